The zero-order chi connectivity index (χ0) is 10.3. The highest BCUT2D eigenvalue weighted by Gasteiger charge is 2.18. The molecule has 0 bridgehead atoms. The molecule has 14 heavy (non-hydrogen) atoms. The highest BCUT2D eigenvalue weighted by Crippen LogP contribution is 2.27. The monoisotopic (exact) mass is 208 g/mol. The van der Waals surface area contributed by atoms with Gasteiger partial charge < -0.3 is 15.2 Å². The molecule has 0 radical (unpaired) electrons. The van der Waals surface area contributed by atoms with Gasteiger partial charge in [0, 0.05) is 10.2 Å². The fraction of sp³-hybridized carbons (Fsp3) is 0.111. The lowest BCUT2D eigenvalue weighted by Gasteiger charge is -2.01. The molecule has 3 N–H and O–H groups in total. The summed E-state index contributed by atoms with van der Waals surface area (Å²) < 4.78 is 0.866. The predicted molar refractivity (Wildman–Crippen MR) is 58.1 cm³/mol. The van der Waals surface area contributed by atoms with Gasteiger partial charge in [-0.15, -0.1) is 11.3 Å². The first-order valence-corrected chi connectivity index (χ1v) is 5.04. The zero-order valence-corrected chi connectivity index (χ0v) is 8.38. The highest BCUT2D eigenvalue weighted by atomic mass is 32.1. The van der Waals surface area contributed by atoms with E-state index in [0.29, 0.717) is 5.46 Å². The van der Waals surface area contributed by atoms with E-state index in [2.05, 4.69) is 0 Å². The molecule has 3 nitrogen and oxygen atoms in total. The van der Waals surface area contributed by atoms with Crippen molar-refractivity contribution < 1.29 is 15.2 Å². The van der Waals surface area contributed by atoms with Gasteiger partial charge in [-0.25, -0.2) is 0 Å². The number of rotatable bonds is 1. The normalized spacial score (nSPS) is 10.8. The number of phenols is 1. The van der Waals surface area contributed by atoms with Gasteiger partial charge in [-0.05, 0) is 35.4 Å². The quantitative estimate of drug-likeness (QED) is 0.601. The van der Waals surface area contributed by atoms with Crippen LogP contribution in [0.5, 0.6) is 5.75 Å². The summed E-state index contributed by atoms with van der Waals surface area (Å²) in [5, 5.41) is 30.1. The Kier molecular flexibility index (Phi) is 2.22. The number of fused-ring (bicyclic) bond motifs is 1. The van der Waals surface area contributed by atoms with Crippen LogP contribution in [0.1, 0.15) is 5.56 Å². The van der Waals surface area contributed by atoms with Crippen molar-refractivity contribution in [2.75, 3.05) is 0 Å². The lowest BCUT2D eigenvalue weighted by molar-refractivity contribution is 0.426. The molecule has 1 aromatic carbocycles. The van der Waals surface area contributed by atoms with Crippen molar-refractivity contribution in [2.24, 2.45) is 0 Å². The standard InChI is InChI=1S/C9H9BO3S/c1-5-2-6(11)3-8-9(5)7(4-14-8)10(12)13/h2-4,11-13H,1H3. The topological polar surface area (TPSA) is 60.7 Å². The van der Waals surface area contributed by atoms with Gasteiger partial charge in [0.1, 0.15) is 5.75 Å². The number of aromatic hydroxyl groups is 1. The molecule has 0 spiro atoms. The maximum atomic E-state index is 9.34. The molecule has 0 aliphatic carbocycles. The molecule has 1 heterocycles. The Morgan fingerprint density at radius 3 is 2.64 bits per heavy atom. The molecule has 0 aliphatic heterocycles. The summed E-state index contributed by atoms with van der Waals surface area (Å²) in [7, 11) is -1.45. The average molecular weight is 208 g/mol. The molecule has 0 atom stereocenters. The fourth-order valence-corrected chi connectivity index (χ4v) is 2.65. The summed E-state index contributed by atoms with van der Waals surface area (Å²) in [6.07, 6.45) is 0. The van der Waals surface area contributed by atoms with Crippen molar-refractivity contribution in [3.63, 3.8) is 0 Å². The van der Waals surface area contributed by atoms with Gasteiger partial charge in [0.25, 0.3) is 0 Å². The lowest BCUT2D eigenvalue weighted by atomic mass is 9.79. The summed E-state index contributed by atoms with van der Waals surface area (Å²) in [5.41, 5.74) is 1.35. The molecule has 2 aromatic rings. The van der Waals surface area contributed by atoms with Crippen molar-refractivity contribution in [2.45, 2.75) is 6.92 Å². The number of phenolic OH excluding ortho intramolecular Hbond substituents is 1. The first-order chi connectivity index (χ1) is 6.59. The van der Waals surface area contributed by atoms with Crippen molar-refractivity contribution >= 4 is 34.0 Å². The number of aryl methyl sites for hydroxylation is 1. The number of hydrogen-bond acceptors (Lipinski definition) is 4. The summed E-state index contributed by atoms with van der Waals surface area (Å²) in [4.78, 5) is 0. The Bertz CT molecular complexity index is 478. The molecule has 0 fully saturated rings. The van der Waals surface area contributed by atoms with Crippen LogP contribution in [0, 0.1) is 6.92 Å². The zero-order valence-electron chi connectivity index (χ0n) is 7.56. The second-order valence-corrected chi connectivity index (χ2v) is 4.11. The third-order valence-electron chi connectivity index (χ3n) is 2.16. The van der Waals surface area contributed by atoms with E-state index in [1.165, 1.54) is 11.3 Å². The minimum absolute atomic E-state index is 0.204. The Hall–Kier alpha value is -1.04. The van der Waals surface area contributed by atoms with Gasteiger partial charge in [0.15, 0.2) is 0 Å². The second kappa shape index (κ2) is 3.27. The van der Waals surface area contributed by atoms with Gasteiger partial charge in [0.2, 0.25) is 0 Å². The largest absolute Gasteiger partial charge is 0.508 e. The third-order valence-corrected chi connectivity index (χ3v) is 3.11. The second-order valence-electron chi connectivity index (χ2n) is 3.20. The molecule has 5 heteroatoms. The van der Waals surface area contributed by atoms with Crippen LogP contribution in [0.15, 0.2) is 17.5 Å². The van der Waals surface area contributed by atoms with Crippen LogP contribution < -0.4 is 5.46 Å². The summed E-state index contributed by atoms with van der Waals surface area (Å²) in [6.45, 7) is 1.83. The lowest BCUT2D eigenvalue weighted by Crippen LogP contribution is -2.29. The molecule has 0 unspecified atom stereocenters. The SMILES string of the molecule is Cc1cc(O)cc2scc(B(O)O)c12. The van der Waals surface area contributed by atoms with E-state index in [1.54, 1.807) is 17.5 Å². The van der Waals surface area contributed by atoms with Crippen molar-refractivity contribution in [3.8, 4) is 5.75 Å². The third kappa shape index (κ3) is 1.39. The van der Waals surface area contributed by atoms with Gasteiger partial charge in [-0.3, -0.25) is 0 Å². The van der Waals surface area contributed by atoms with Crippen molar-refractivity contribution in [1.82, 2.24) is 0 Å². The van der Waals surface area contributed by atoms with E-state index in [-0.39, 0.29) is 5.75 Å². The van der Waals surface area contributed by atoms with Crippen LogP contribution in [0.4, 0.5) is 0 Å². The number of hydrogen-bond donors (Lipinski definition) is 3. The molecule has 0 saturated carbocycles. The van der Waals surface area contributed by atoms with E-state index in [4.69, 9.17) is 10.0 Å². The van der Waals surface area contributed by atoms with E-state index in [1.807, 2.05) is 6.92 Å². The predicted octanol–water partition coefficient (Wildman–Crippen LogP) is 0.595. The van der Waals surface area contributed by atoms with E-state index in [0.717, 1.165) is 15.6 Å². The minimum atomic E-state index is -1.45. The highest BCUT2D eigenvalue weighted by molar-refractivity contribution is 7.18. The Morgan fingerprint density at radius 1 is 1.29 bits per heavy atom. The molecular weight excluding hydrogens is 199 g/mol. The van der Waals surface area contributed by atoms with Gasteiger partial charge in [-0.1, -0.05) is 0 Å². The van der Waals surface area contributed by atoms with Gasteiger partial charge >= 0.3 is 7.12 Å². The number of thiophene rings is 1. The fourth-order valence-electron chi connectivity index (χ4n) is 1.58. The molecule has 0 aliphatic rings. The minimum Gasteiger partial charge on any atom is -0.508 e. The molecule has 0 saturated heterocycles. The molecule has 2 rings (SSSR count). The number of benzene rings is 1. The van der Waals surface area contributed by atoms with Crippen LogP contribution >= 0.6 is 11.3 Å². The van der Waals surface area contributed by atoms with Gasteiger partial charge in [0.05, 0.1) is 0 Å². The van der Waals surface area contributed by atoms with Crippen LogP contribution in [0.3, 0.4) is 0 Å². The van der Waals surface area contributed by atoms with E-state index < -0.39 is 7.12 Å². The summed E-state index contributed by atoms with van der Waals surface area (Å²) in [5.74, 6) is 0.204. The molecular formula is C9H9BO3S. The van der Waals surface area contributed by atoms with Crippen LogP contribution in [-0.2, 0) is 0 Å². The van der Waals surface area contributed by atoms with Crippen LogP contribution in [-0.4, -0.2) is 22.3 Å². The van der Waals surface area contributed by atoms with Crippen molar-refractivity contribution in [1.29, 1.82) is 0 Å². The van der Waals surface area contributed by atoms with E-state index in [9.17, 15) is 5.11 Å². The van der Waals surface area contributed by atoms with Gasteiger partial charge in [-0.2, -0.15) is 0 Å². The smallest absolute Gasteiger partial charge is 0.489 e. The summed E-state index contributed by atoms with van der Waals surface area (Å²) >= 11 is 1.39. The summed E-state index contributed by atoms with van der Waals surface area (Å²) in [6, 6.07) is 3.24. The van der Waals surface area contributed by atoms with Crippen molar-refractivity contribution in [3.05, 3.63) is 23.1 Å². The average Bonchev–Trinajstić information content (AvgIpc) is 2.47. The van der Waals surface area contributed by atoms with Crippen LogP contribution in [0.2, 0.25) is 0 Å². The maximum Gasteiger partial charge on any atom is 0.489 e. The Labute approximate surface area is 85.4 Å². The molecule has 1 aromatic heterocycles. The first kappa shape index (κ1) is 9.52. The Morgan fingerprint density at radius 2 is 2.00 bits per heavy atom. The molecule has 0 amide bonds. The maximum absolute atomic E-state index is 9.34. The van der Waals surface area contributed by atoms with E-state index >= 15 is 0 Å². The Balaban J connectivity index is 2.79. The molecule has 72 valence electrons. The van der Waals surface area contributed by atoms with Crippen LogP contribution in [0.25, 0.3) is 10.1 Å². The first-order valence-electron chi connectivity index (χ1n) is 4.16.